The van der Waals surface area contributed by atoms with E-state index in [4.69, 9.17) is 14.2 Å². The Morgan fingerprint density at radius 1 is 1.04 bits per heavy atom. The monoisotopic (exact) mass is 343 g/mol. The SMILES string of the molecule is CCOc1ccc(C(=O)N[C@@H](C)c2ccc(OC)c(OC)c2)cc1C. The molecular weight excluding hydrogens is 318 g/mol. The van der Waals surface area contributed by atoms with Gasteiger partial charge in [-0.25, -0.2) is 0 Å². The third-order valence-electron chi connectivity index (χ3n) is 3.99. The molecule has 5 heteroatoms. The van der Waals surface area contributed by atoms with Crippen molar-refractivity contribution >= 4 is 5.91 Å². The van der Waals surface area contributed by atoms with Crippen LogP contribution in [0, 0.1) is 6.92 Å². The van der Waals surface area contributed by atoms with Crippen LogP contribution in [0.4, 0.5) is 0 Å². The molecule has 2 aromatic rings. The highest BCUT2D eigenvalue weighted by atomic mass is 16.5. The summed E-state index contributed by atoms with van der Waals surface area (Å²) in [6, 6.07) is 10.9. The largest absolute Gasteiger partial charge is 0.494 e. The summed E-state index contributed by atoms with van der Waals surface area (Å²) in [4.78, 5) is 12.5. The number of aryl methyl sites for hydroxylation is 1. The van der Waals surface area contributed by atoms with Crippen molar-refractivity contribution in [2.75, 3.05) is 20.8 Å². The predicted molar refractivity (Wildman–Crippen MR) is 97.8 cm³/mol. The van der Waals surface area contributed by atoms with Gasteiger partial charge in [-0.2, -0.15) is 0 Å². The number of benzene rings is 2. The average Bonchev–Trinajstić information content (AvgIpc) is 2.62. The second-order valence-corrected chi connectivity index (χ2v) is 5.72. The zero-order chi connectivity index (χ0) is 18.4. The number of carbonyl (C=O) groups is 1. The maximum atomic E-state index is 12.5. The van der Waals surface area contributed by atoms with Crippen LogP contribution in [0.2, 0.25) is 0 Å². The zero-order valence-electron chi connectivity index (χ0n) is 15.4. The van der Waals surface area contributed by atoms with E-state index in [2.05, 4.69) is 5.32 Å². The van der Waals surface area contributed by atoms with Crippen LogP contribution < -0.4 is 19.5 Å². The van der Waals surface area contributed by atoms with Crippen molar-refractivity contribution in [2.24, 2.45) is 0 Å². The summed E-state index contributed by atoms with van der Waals surface area (Å²) in [5, 5.41) is 3.00. The highest BCUT2D eigenvalue weighted by Crippen LogP contribution is 2.30. The Balaban J connectivity index is 2.13. The summed E-state index contributed by atoms with van der Waals surface area (Å²) >= 11 is 0. The van der Waals surface area contributed by atoms with Crippen LogP contribution >= 0.6 is 0 Å². The predicted octanol–water partition coefficient (Wildman–Crippen LogP) is 3.90. The van der Waals surface area contributed by atoms with Crippen molar-refractivity contribution in [3.8, 4) is 17.2 Å². The first-order valence-electron chi connectivity index (χ1n) is 8.26. The van der Waals surface area contributed by atoms with Crippen LogP contribution in [0.25, 0.3) is 0 Å². The second-order valence-electron chi connectivity index (χ2n) is 5.72. The Labute approximate surface area is 148 Å². The van der Waals surface area contributed by atoms with Crippen molar-refractivity contribution in [3.63, 3.8) is 0 Å². The van der Waals surface area contributed by atoms with Gasteiger partial charge in [-0.1, -0.05) is 6.07 Å². The first-order chi connectivity index (χ1) is 12.0. The molecule has 1 N–H and O–H groups in total. The van der Waals surface area contributed by atoms with Gasteiger partial charge in [0.25, 0.3) is 5.91 Å². The van der Waals surface area contributed by atoms with Gasteiger partial charge in [-0.05, 0) is 62.2 Å². The van der Waals surface area contributed by atoms with Gasteiger partial charge in [0.1, 0.15) is 5.75 Å². The molecule has 1 atom stereocenters. The minimum atomic E-state index is -0.167. The molecular formula is C20H25NO4. The smallest absolute Gasteiger partial charge is 0.251 e. The van der Waals surface area contributed by atoms with E-state index in [-0.39, 0.29) is 11.9 Å². The van der Waals surface area contributed by atoms with Gasteiger partial charge >= 0.3 is 0 Å². The summed E-state index contributed by atoms with van der Waals surface area (Å²) < 4.78 is 16.1. The van der Waals surface area contributed by atoms with Gasteiger partial charge in [0.05, 0.1) is 26.9 Å². The molecule has 0 spiro atoms. The lowest BCUT2D eigenvalue weighted by Gasteiger charge is -2.17. The van der Waals surface area contributed by atoms with Crippen molar-refractivity contribution in [3.05, 3.63) is 53.1 Å². The Morgan fingerprint density at radius 2 is 1.72 bits per heavy atom. The number of hydrogen-bond donors (Lipinski definition) is 1. The number of amides is 1. The highest BCUT2D eigenvalue weighted by Gasteiger charge is 2.15. The Morgan fingerprint density at radius 3 is 2.32 bits per heavy atom. The van der Waals surface area contributed by atoms with Crippen LogP contribution in [0.5, 0.6) is 17.2 Å². The fourth-order valence-corrected chi connectivity index (χ4v) is 2.59. The summed E-state index contributed by atoms with van der Waals surface area (Å²) in [6.45, 7) is 6.40. The number of rotatable bonds is 7. The number of methoxy groups -OCH3 is 2. The fourth-order valence-electron chi connectivity index (χ4n) is 2.59. The Kier molecular flexibility index (Phi) is 6.28. The van der Waals surface area contributed by atoms with Crippen LogP contribution in [0.3, 0.4) is 0 Å². The molecule has 5 nitrogen and oxygen atoms in total. The van der Waals surface area contributed by atoms with E-state index in [0.717, 1.165) is 16.9 Å². The maximum Gasteiger partial charge on any atom is 0.251 e. The van der Waals surface area contributed by atoms with E-state index in [9.17, 15) is 4.79 Å². The molecule has 2 aromatic carbocycles. The molecule has 0 aliphatic heterocycles. The lowest BCUT2D eigenvalue weighted by molar-refractivity contribution is 0.0939. The molecule has 25 heavy (non-hydrogen) atoms. The summed E-state index contributed by atoms with van der Waals surface area (Å²) in [5.74, 6) is 1.96. The van der Waals surface area contributed by atoms with E-state index in [1.54, 1.807) is 20.3 Å². The quantitative estimate of drug-likeness (QED) is 0.828. The standard InChI is InChI=1S/C20H25NO4/c1-6-25-17-9-8-16(11-13(17)2)20(22)21-14(3)15-7-10-18(23-4)19(12-15)24-5/h7-12,14H,6H2,1-5H3,(H,21,22)/t14-/m0/s1. The van der Waals surface area contributed by atoms with Crippen molar-refractivity contribution in [1.82, 2.24) is 5.32 Å². The molecule has 0 heterocycles. The maximum absolute atomic E-state index is 12.5. The fraction of sp³-hybridized carbons (Fsp3) is 0.350. The van der Waals surface area contributed by atoms with Crippen molar-refractivity contribution in [2.45, 2.75) is 26.8 Å². The van der Waals surface area contributed by atoms with E-state index < -0.39 is 0 Å². The lowest BCUT2D eigenvalue weighted by Crippen LogP contribution is -2.26. The highest BCUT2D eigenvalue weighted by molar-refractivity contribution is 5.94. The molecule has 0 aromatic heterocycles. The average molecular weight is 343 g/mol. The number of ether oxygens (including phenoxy) is 3. The summed E-state index contributed by atoms with van der Waals surface area (Å²) in [5.41, 5.74) is 2.48. The number of hydrogen-bond acceptors (Lipinski definition) is 4. The van der Waals surface area contributed by atoms with Gasteiger partial charge < -0.3 is 19.5 Å². The molecule has 0 aliphatic carbocycles. The third kappa shape index (κ3) is 4.44. The summed E-state index contributed by atoms with van der Waals surface area (Å²) in [6.07, 6.45) is 0. The number of nitrogens with one attached hydrogen (secondary N) is 1. The minimum Gasteiger partial charge on any atom is -0.494 e. The van der Waals surface area contributed by atoms with E-state index in [1.807, 2.05) is 51.1 Å². The van der Waals surface area contributed by atoms with Crippen LogP contribution in [-0.4, -0.2) is 26.7 Å². The van der Waals surface area contributed by atoms with Gasteiger partial charge in [0, 0.05) is 5.56 Å². The molecule has 134 valence electrons. The van der Waals surface area contributed by atoms with Gasteiger partial charge in [0.2, 0.25) is 0 Å². The van der Waals surface area contributed by atoms with Crippen molar-refractivity contribution in [1.29, 1.82) is 0 Å². The van der Waals surface area contributed by atoms with Crippen LogP contribution in [0.1, 0.15) is 41.4 Å². The number of carbonyl (C=O) groups excluding carboxylic acids is 1. The van der Waals surface area contributed by atoms with Crippen molar-refractivity contribution < 1.29 is 19.0 Å². The lowest BCUT2D eigenvalue weighted by atomic mass is 10.1. The molecule has 0 fully saturated rings. The van der Waals surface area contributed by atoms with Gasteiger partial charge in [0.15, 0.2) is 11.5 Å². The topological polar surface area (TPSA) is 56.8 Å². The summed E-state index contributed by atoms with van der Waals surface area (Å²) in [7, 11) is 3.19. The van der Waals surface area contributed by atoms with E-state index in [0.29, 0.717) is 23.7 Å². The Hall–Kier alpha value is -2.69. The van der Waals surface area contributed by atoms with E-state index in [1.165, 1.54) is 0 Å². The van der Waals surface area contributed by atoms with Gasteiger partial charge in [-0.15, -0.1) is 0 Å². The molecule has 0 saturated carbocycles. The third-order valence-corrected chi connectivity index (χ3v) is 3.99. The first-order valence-corrected chi connectivity index (χ1v) is 8.26. The zero-order valence-corrected chi connectivity index (χ0v) is 15.4. The second kappa shape index (κ2) is 8.42. The molecule has 0 saturated heterocycles. The molecule has 0 unspecified atom stereocenters. The molecule has 0 radical (unpaired) electrons. The Bertz CT molecular complexity index is 742. The van der Waals surface area contributed by atoms with Crippen LogP contribution in [0.15, 0.2) is 36.4 Å². The first kappa shape index (κ1) is 18.6. The minimum absolute atomic E-state index is 0.131. The normalized spacial score (nSPS) is 11.6. The molecule has 0 bridgehead atoms. The van der Waals surface area contributed by atoms with Gasteiger partial charge in [-0.3, -0.25) is 4.79 Å². The van der Waals surface area contributed by atoms with E-state index >= 15 is 0 Å². The van der Waals surface area contributed by atoms with Crippen LogP contribution in [-0.2, 0) is 0 Å². The molecule has 0 aliphatic rings. The molecule has 2 rings (SSSR count). The molecule has 1 amide bonds.